The molecule has 1 aromatic heterocycles. The summed E-state index contributed by atoms with van der Waals surface area (Å²) in [5.41, 5.74) is 3.41. The van der Waals surface area contributed by atoms with Crippen molar-refractivity contribution >= 4 is 23.7 Å². The molecular formula is C27H22FN3O5. The highest BCUT2D eigenvalue weighted by Gasteiger charge is 2.09. The van der Waals surface area contributed by atoms with Gasteiger partial charge in [0, 0.05) is 16.8 Å². The molecule has 0 saturated heterocycles. The number of hydrazone groups is 1. The highest BCUT2D eigenvalue weighted by atomic mass is 19.1. The molecule has 1 heterocycles. The highest BCUT2D eigenvalue weighted by Crippen LogP contribution is 2.19. The van der Waals surface area contributed by atoms with E-state index < -0.39 is 17.6 Å². The van der Waals surface area contributed by atoms with Gasteiger partial charge in [0.1, 0.15) is 35.4 Å². The summed E-state index contributed by atoms with van der Waals surface area (Å²) in [6.07, 6.45) is 1.37. The van der Waals surface area contributed by atoms with Gasteiger partial charge in [-0.05, 0) is 78.9 Å². The predicted octanol–water partition coefficient (Wildman–Crippen LogP) is 5.02. The summed E-state index contributed by atoms with van der Waals surface area (Å²) in [6.45, 7) is 0.225. The second kappa shape index (κ2) is 11.5. The van der Waals surface area contributed by atoms with Crippen LogP contribution in [0, 0.1) is 5.82 Å². The molecule has 0 atom stereocenters. The Hall–Kier alpha value is -4.92. The Morgan fingerprint density at radius 3 is 2.42 bits per heavy atom. The number of nitrogens with zero attached hydrogens (tertiary/aromatic N) is 1. The zero-order chi connectivity index (χ0) is 25.3. The molecule has 8 nitrogen and oxygen atoms in total. The van der Waals surface area contributed by atoms with Gasteiger partial charge in [-0.3, -0.25) is 9.59 Å². The maximum atomic E-state index is 13.0. The van der Waals surface area contributed by atoms with Gasteiger partial charge in [-0.1, -0.05) is 6.07 Å². The van der Waals surface area contributed by atoms with Crippen molar-refractivity contribution in [1.82, 2.24) is 5.43 Å². The molecule has 4 rings (SSSR count). The van der Waals surface area contributed by atoms with Crippen molar-refractivity contribution in [2.75, 3.05) is 12.4 Å². The van der Waals surface area contributed by atoms with Gasteiger partial charge in [-0.15, -0.1) is 0 Å². The maximum Gasteiger partial charge on any atom is 0.271 e. The average molecular weight is 487 g/mol. The smallest absolute Gasteiger partial charge is 0.271 e. The van der Waals surface area contributed by atoms with E-state index in [-0.39, 0.29) is 12.2 Å². The summed E-state index contributed by atoms with van der Waals surface area (Å²) in [5.74, 6) is 1.10. The molecule has 2 amide bonds. The summed E-state index contributed by atoms with van der Waals surface area (Å²) in [7, 11) is 1.60. The first-order valence-electron chi connectivity index (χ1n) is 10.9. The van der Waals surface area contributed by atoms with E-state index in [4.69, 9.17) is 13.9 Å². The largest absolute Gasteiger partial charge is 0.497 e. The first kappa shape index (κ1) is 24.2. The molecule has 0 spiro atoms. The zero-order valence-electron chi connectivity index (χ0n) is 19.2. The fourth-order valence-corrected chi connectivity index (χ4v) is 3.13. The molecule has 0 aliphatic rings. The van der Waals surface area contributed by atoms with Gasteiger partial charge in [-0.2, -0.15) is 5.10 Å². The minimum atomic E-state index is -0.473. The number of anilines is 1. The lowest BCUT2D eigenvalue weighted by atomic mass is 10.1. The molecule has 0 unspecified atom stereocenters. The van der Waals surface area contributed by atoms with E-state index in [0.29, 0.717) is 28.5 Å². The van der Waals surface area contributed by atoms with Crippen LogP contribution in [0.4, 0.5) is 10.1 Å². The van der Waals surface area contributed by atoms with Crippen molar-refractivity contribution in [3.05, 3.63) is 113 Å². The summed E-state index contributed by atoms with van der Waals surface area (Å²) in [6, 6.07) is 22.1. The van der Waals surface area contributed by atoms with E-state index in [9.17, 15) is 14.0 Å². The quantitative estimate of drug-likeness (QED) is 0.255. The van der Waals surface area contributed by atoms with Gasteiger partial charge in [-0.25, -0.2) is 9.82 Å². The molecular weight excluding hydrogens is 465 g/mol. The number of ether oxygens (including phenoxy) is 2. The summed E-state index contributed by atoms with van der Waals surface area (Å²) < 4.78 is 29.5. The standard InChI is InChI=1S/C27H22FN3O5/c1-34-22-9-11-23(12-10-22)35-17-25-14-13-24(36-25)16-29-31-27(33)19-3-2-4-21(15-19)30-26(32)18-5-7-20(28)8-6-18/h2-16H,17H2,1H3,(H,30,32)(H,31,33)/b29-16+. The normalized spacial score (nSPS) is 10.7. The van der Waals surface area contributed by atoms with E-state index in [1.807, 2.05) is 0 Å². The van der Waals surface area contributed by atoms with Crippen LogP contribution in [0.5, 0.6) is 11.5 Å². The van der Waals surface area contributed by atoms with Crippen LogP contribution >= 0.6 is 0 Å². The predicted molar refractivity (Wildman–Crippen MR) is 132 cm³/mol. The minimum absolute atomic E-state index is 0.225. The summed E-state index contributed by atoms with van der Waals surface area (Å²) in [5, 5.41) is 6.59. The third kappa shape index (κ3) is 6.57. The van der Waals surface area contributed by atoms with Crippen molar-refractivity contribution in [2.24, 2.45) is 5.10 Å². The number of carbonyl (C=O) groups excluding carboxylic acids is 2. The number of halogens is 1. The number of benzene rings is 3. The van der Waals surface area contributed by atoms with Gasteiger partial charge in [0.25, 0.3) is 11.8 Å². The number of carbonyl (C=O) groups is 2. The molecule has 182 valence electrons. The average Bonchev–Trinajstić information content (AvgIpc) is 3.36. The van der Waals surface area contributed by atoms with Crippen LogP contribution in [0.15, 0.2) is 94.4 Å². The number of hydrogen-bond donors (Lipinski definition) is 2. The molecule has 0 aliphatic heterocycles. The highest BCUT2D eigenvalue weighted by molar-refractivity contribution is 6.05. The Morgan fingerprint density at radius 1 is 0.917 bits per heavy atom. The van der Waals surface area contributed by atoms with Gasteiger partial charge < -0.3 is 19.2 Å². The second-order valence-electron chi connectivity index (χ2n) is 7.51. The Balaban J connectivity index is 1.29. The number of hydrogen-bond acceptors (Lipinski definition) is 6. The zero-order valence-corrected chi connectivity index (χ0v) is 19.2. The molecule has 3 aromatic carbocycles. The molecule has 4 aromatic rings. The number of rotatable bonds is 9. The lowest BCUT2D eigenvalue weighted by Crippen LogP contribution is -2.18. The molecule has 0 bridgehead atoms. The molecule has 0 saturated carbocycles. The molecule has 36 heavy (non-hydrogen) atoms. The summed E-state index contributed by atoms with van der Waals surface area (Å²) in [4.78, 5) is 24.8. The van der Waals surface area contributed by atoms with Crippen molar-refractivity contribution in [3.8, 4) is 11.5 Å². The van der Waals surface area contributed by atoms with Crippen molar-refractivity contribution in [2.45, 2.75) is 6.61 Å². The first-order valence-corrected chi connectivity index (χ1v) is 10.9. The van der Waals surface area contributed by atoms with Crippen molar-refractivity contribution in [1.29, 1.82) is 0 Å². The fourth-order valence-electron chi connectivity index (χ4n) is 3.13. The molecule has 0 aliphatic carbocycles. The van der Waals surface area contributed by atoms with Crippen molar-refractivity contribution in [3.63, 3.8) is 0 Å². The number of amides is 2. The second-order valence-corrected chi connectivity index (χ2v) is 7.51. The topological polar surface area (TPSA) is 102 Å². The Labute approximate surface area is 206 Å². The van der Waals surface area contributed by atoms with Crippen molar-refractivity contribution < 1.29 is 27.9 Å². The SMILES string of the molecule is COc1ccc(OCc2ccc(/C=N/NC(=O)c3cccc(NC(=O)c4ccc(F)cc4)c3)o2)cc1. The van der Waals surface area contributed by atoms with E-state index in [2.05, 4.69) is 15.8 Å². The fraction of sp³-hybridized carbons (Fsp3) is 0.0741. The van der Waals surface area contributed by atoms with Crippen LogP contribution in [0.25, 0.3) is 0 Å². The van der Waals surface area contributed by atoms with E-state index >= 15 is 0 Å². The van der Waals surface area contributed by atoms with Crippen LogP contribution in [-0.4, -0.2) is 25.1 Å². The number of furan rings is 1. The summed E-state index contributed by atoms with van der Waals surface area (Å²) >= 11 is 0. The van der Waals surface area contributed by atoms with E-state index in [1.54, 1.807) is 61.7 Å². The minimum Gasteiger partial charge on any atom is -0.497 e. The van der Waals surface area contributed by atoms with Crippen LogP contribution in [0.2, 0.25) is 0 Å². The Morgan fingerprint density at radius 2 is 1.67 bits per heavy atom. The maximum absolute atomic E-state index is 13.0. The van der Waals surface area contributed by atoms with Crippen LogP contribution in [-0.2, 0) is 6.61 Å². The van der Waals surface area contributed by atoms with Gasteiger partial charge in [0.2, 0.25) is 0 Å². The van der Waals surface area contributed by atoms with Gasteiger partial charge in [0.05, 0.1) is 13.3 Å². The van der Waals surface area contributed by atoms with Crippen LogP contribution < -0.4 is 20.2 Å². The Kier molecular flexibility index (Phi) is 7.72. The Bertz CT molecular complexity index is 1360. The lowest BCUT2D eigenvalue weighted by molar-refractivity contribution is 0.0953. The van der Waals surface area contributed by atoms with Crippen LogP contribution in [0.1, 0.15) is 32.2 Å². The lowest BCUT2D eigenvalue weighted by Gasteiger charge is -2.07. The molecule has 0 fully saturated rings. The monoisotopic (exact) mass is 487 g/mol. The number of methoxy groups -OCH3 is 1. The molecule has 2 N–H and O–H groups in total. The van der Waals surface area contributed by atoms with Crippen LogP contribution in [0.3, 0.4) is 0 Å². The molecule has 9 heteroatoms. The molecule has 0 radical (unpaired) electrons. The third-order valence-electron chi connectivity index (χ3n) is 4.97. The number of nitrogens with one attached hydrogen (secondary N) is 2. The van der Waals surface area contributed by atoms with Gasteiger partial charge in [0.15, 0.2) is 0 Å². The van der Waals surface area contributed by atoms with E-state index in [0.717, 1.165) is 5.75 Å². The third-order valence-corrected chi connectivity index (χ3v) is 4.97. The van der Waals surface area contributed by atoms with E-state index in [1.165, 1.54) is 36.5 Å². The first-order chi connectivity index (χ1) is 17.5. The van der Waals surface area contributed by atoms with Gasteiger partial charge >= 0.3 is 0 Å².